The Labute approximate surface area is 129 Å². The van der Waals surface area contributed by atoms with Gasteiger partial charge in [0.15, 0.2) is 5.82 Å². The number of aromatic nitrogens is 2. The molecule has 0 radical (unpaired) electrons. The normalized spacial score (nSPS) is 18.3. The largest absolute Gasteiger partial charge is 0.341 e. The maximum Gasteiger partial charge on any atom is 0.233 e. The van der Waals surface area contributed by atoms with Gasteiger partial charge in [-0.2, -0.15) is 4.98 Å². The first-order chi connectivity index (χ1) is 10.7. The third kappa shape index (κ3) is 2.63. The van der Waals surface area contributed by atoms with Crippen LogP contribution >= 0.6 is 0 Å². The van der Waals surface area contributed by atoms with E-state index >= 15 is 0 Å². The summed E-state index contributed by atoms with van der Waals surface area (Å²) in [6, 6.07) is 8.10. The molecule has 1 saturated carbocycles. The molecule has 0 unspecified atom stereocenters. The van der Waals surface area contributed by atoms with Crippen molar-refractivity contribution in [3.63, 3.8) is 0 Å². The lowest BCUT2D eigenvalue weighted by Crippen LogP contribution is -2.49. The fourth-order valence-corrected chi connectivity index (χ4v) is 2.87. The smallest absolute Gasteiger partial charge is 0.233 e. The molecule has 2 aromatic rings. The summed E-state index contributed by atoms with van der Waals surface area (Å²) in [5.74, 6) is 2.43. The highest BCUT2D eigenvalue weighted by Gasteiger charge is 2.37. The van der Waals surface area contributed by atoms with E-state index in [1.165, 1.54) is 18.4 Å². The number of carbonyl (C=O) groups excluding carboxylic acids is 1. The molecule has 5 heteroatoms. The van der Waals surface area contributed by atoms with Gasteiger partial charge in [-0.15, -0.1) is 0 Å². The first-order valence-corrected chi connectivity index (χ1v) is 7.86. The average molecular weight is 297 g/mol. The minimum atomic E-state index is 0.170. The van der Waals surface area contributed by atoms with Crippen molar-refractivity contribution in [1.29, 1.82) is 0 Å². The molecule has 1 aromatic heterocycles. The number of rotatable bonds is 4. The molecule has 1 aliphatic heterocycles. The van der Waals surface area contributed by atoms with E-state index in [9.17, 15) is 4.79 Å². The van der Waals surface area contributed by atoms with Crippen LogP contribution in [0.1, 0.15) is 47.5 Å². The molecule has 1 amide bonds. The molecule has 0 atom stereocenters. The summed E-state index contributed by atoms with van der Waals surface area (Å²) in [5.41, 5.74) is 2.26. The predicted octanol–water partition coefficient (Wildman–Crippen LogP) is 2.42. The van der Waals surface area contributed by atoms with Crippen molar-refractivity contribution in [3.8, 4) is 0 Å². The van der Waals surface area contributed by atoms with Crippen LogP contribution in [0.25, 0.3) is 0 Å². The van der Waals surface area contributed by atoms with E-state index in [1.54, 1.807) is 0 Å². The Balaban J connectivity index is 1.33. The Morgan fingerprint density at radius 2 is 2.14 bits per heavy atom. The summed E-state index contributed by atoms with van der Waals surface area (Å²) >= 11 is 0. The summed E-state index contributed by atoms with van der Waals surface area (Å²) < 4.78 is 5.33. The average Bonchev–Trinajstić information content (AvgIpc) is 3.17. The third-order valence-corrected chi connectivity index (χ3v) is 4.42. The zero-order valence-corrected chi connectivity index (χ0v) is 12.7. The van der Waals surface area contributed by atoms with Crippen molar-refractivity contribution in [3.05, 3.63) is 47.1 Å². The number of aryl methyl sites for hydroxylation is 1. The molecule has 22 heavy (non-hydrogen) atoms. The van der Waals surface area contributed by atoms with Crippen LogP contribution in [0.2, 0.25) is 0 Å². The van der Waals surface area contributed by atoms with Crippen molar-refractivity contribution >= 4 is 5.91 Å². The van der Waals surface area contributed by atoms with Crippen LogP contribution in [0.4, 0.5) is 0 Å². The van der Waals surface area contributed by atoms with Crippen LogP contribution in [0.15, 0.2) is 28.8 Å². The lowest BCUT2D eigenvalue weighted by Gasteiger charge is -2.37. The molecule has 5 nitrogen and oxygen atoms in total. The number of hydrogen-bond donors (Lipinski definition) is 0. The molecular formula is C17H19N3O2. The summed E-state index contributed by atoms with van der Waals surface area (Å²) in [4.78, 5) is 18.6. The standard InChI is InChI=1S/C17H19N3O2/c1-11-3-2-4-12(7-11)8-15(21)20-9-14(10-20)17-18-16(19-22-17)13-5-6-13/h2-4,7,13-14H,5-6,8-10H2,1H3. The van der Waals surface area contributed by atoms with E-state index in [2.05, 4.69) is 16.2 Å². The van der Waals surface area contributed by atoms with Crippen LogP contribution in [0.5, 0.6) is 0 Å². The molecule has 2 fully saturated rings. The van der Waals surface area contributed by atoms with Crippen molar-refractivity contribution < 1.29 is 9.32 Å². The van der Waals surface area contributed by atoms with Gasteiger partial charge in [-0.1, -0.05) is 35.0 Å². The number of likely N-dealkylation sites (tertiary alicyclic amines) is 1. The van der Waals surface area contributed by atoms with Crippen molar-refractivity contribution in [1.82, 2.24) is 15.0 Å². The van der Waals surface area contributed by atoms with Gasteiger partial charge in [0.05, 0.1) is 12.3 Å². The predicted molar refractivity (Wildman–Crippen MR) is 80.5 cm³/mol. The third-order valence-electron chi connectivity index (χ3n) is 4.42. The monoisotopic (exact) mass is 297 g/mol. The van der Waals surface area contributed by atoms with Gasteiger partial charge < -0.3 is 9.42 Å². The molecule has 4 rings (SSSR count). The Hall–Kier alpha value is -2.17. The van der Waals surface area contributed by atoms with Crippen LogP contribution in [0, 0.1) is 6.92 Å². The zero-order valence-electron chi connectivity index (χ0n) is 12.7. The summed E-state index contributed by atoms with van der Waals surface area (Å²) in [5, 5.41) is 4.04. The van der Waals surface area contributed by atoms with E-state index in [0.29, 0.717) is 31.3 Å². The summed E-state index contributed by atoms with van der Waals surface area (Å²) in [6.45, 7) is 3.43. The number of benzene rings is 1. The van der Waals surface area contributed by atoms with Gasteiger partial charge in [0.2, 0.25) is 11.8 Å². The summed E-state index contributed by atoms with van der Waals surface area (Å²) in [6.07, 6.45) is 2.81. The Bertz CT molecular complexity index is 699. The topological polar surface area (TPSA) is 59.2 Å². The van der Waals surface area contributed by atoms with Gasteiger partial charge in [-0.25, -0.2) is 0 Å². The molecule has 1 aliphatic carbocycles. The highest BCUT2D eigenvalue weighted by molar-refractivity contribution is 5.79. The van der Waals surface area contributed by atoms with Gasteiger partial charge in [0.1, 0.15) is 0 Å². The lowest BCUT2D eigenvalue weighted by atomic mass is 9.98. The van der Waals surface area contributed by atoms with E-state index in [-0.39, 0.29) is 11.8 Å². The Kier molecular flexibility index (Phi) is 3.21. The number of hydrogen-bond acceptors (Lipinski definition) is 4. The minimum absolute atomic E-state index is 0.170. The number of amides is 1. The van der Waals surface area contributed by atoms with Gasteiger partial charge in [-0.3, -0.25) is 4.79 Å². The summed E-state index contributed by atoms with van der Waals surface area (Å²) in [7, 11) is 0. The second kappa shape index (κ2) is 5.23. The molecule has 0 bridgehead atoms. The van der Waals surface area contributed by atoms with Crippen LogP contribution in [-0.2, 0) is 11.2 Å². The van der Waals surface area contributed by atoms with E-state index in [1.807, 2.05) is 30.0 Å². The van der Waals surface area contributed by atoms with Crippen molar-refractivity contribution in [2.24, 2.45) is 0 Å². The second-order valence-corrected chi connectivity index (χ2v) is 6.43. The Morgan fingerprint density at radius 3 is 2.86 bits per heavy atom. The van der Waals surface area contributed by atoms with Crippen molar-refractivity contribution in [2.45, 2.75) is 38.0 Å². The number of nitrogens with zero attached hydrogens (tertiary/aromatic N) is 3. The fourth-order valence-electron chi connectivity index (χ4n) is 2.87. The van der Waals surface area contributed by atoms with E-state index in [0.717, 1.165) is 11.4 Å². The minimum Gasteiger partial charge on any atom is -0.341 e. The van der Waals surface area contributed by atoms with Crippen LogP contribution in [-0.4, -0.2) is 34.0 Å². The molecule has 114 valence electrons. The lowest BCUT2D eigenvalue weighted by molar-refractivity contribution is -0.135. The molecule has 2 heterocycles. The molecule has 1 saturated heterocycles. The van der Waals surface area contributed by atoms with E-state index < -0.39 is 0 Å². The SMILES string of the molecule is Cc1cccc(CC(=O)N2CC(c3nc(C4CC4)no3)C2)c1. The van der Waals surface area contributed by atoms with Gasteiger partial charge >= 0.3 is 0 Å². The molecule has 2 aliphatic rings. The van der Waals surface area contributed by atoms with Crippen molar-refractivity contribution in [2.75, 3.05) is 13.1 Å². The number of carbonyl (C=O) groups is 1. The van der Waals surface area contributed by atoms with Gasteiger partial charge in [0, 0.05) is 19.0 Å². The highest BCUT2D eigenvalue weighted by Crippen LogP contribution is 2.39. The first kappa shape index (κ1) is 13.5. The molecule has 1 aromatic carbocycles. The quantitative estimate of drug-likeness (QED) is 0.869. The molecular weight excluding hydrogens is 278 g/mol. The first-order valence-electron chi connectivity index (χ1n) is 7.86. The fraction of sp³-hybridized carbons (Fsp3) is 0.471. The highest BCUT2D eigenvalue weighted by atomic mass is 16.5. The maximum atomic E-state index is 12.3. The van der Waals surface area contributed by atoms with E-state index in [4.69, 9.17) is 4.52 Å². The van der Waals surface area contributed by atoms with Gasteiger partial charge in [0.25, 0.3) is 0 Å². The van der Waals surface area contributed by atoms with Gasteiger partial charge in [-0.05, 0) is 25.3 Å². The zero-order chi connectivity index (χ0) is 15.1. The van der Waals surface area contributed by atoms with Crippen LogP contribution < -0.4 is 0 Å². The second-order valence-electron chi connectivity index (χ2n) is 6.43. The molecule has 0 spiro atoms. The maximum absolute atomic E-state index is 12.3. The molecule has 0 N–H and O–H groups in total. The Morgan fingerprint density at radius 1 is 1.32 bits per heavy atom. The van der Waals surface area contributed by atoms with Crippen LogP contribution in [0.3, 0.4) is 0 Å².